The van der Waals surface area contributed by atoms with Gasteiger partial charge in [0, 0.05) is 0 Å². The van der Waals surface area contributed by atoms with Crippen molar-refractivity contribution in [3.63, 3.8) is 0 Å². The smallest absolute Gasteiger partial charge is 0.0529 e. The van der Waals surface area contributed by atoms with Crippen molar-refractivity contribution >= 4 is 19.2 Å². The number of rotatable bonds is 2. The summed E-state index contributed by atoms with van der Waals surface area (Å²) in [6, 6.07) is 22.9. The molecule has 94 valence electrons. The Bertz CT molecular complexity index is 494. The maximum Gasteiger partial charge on any atom is 0.0529 e. The van der Waals surface area contributed by atoms with Crippen molar-refractivity contribution in [2.45, 2.75) is 0 Å². The summed E-state index contributed by atoms with van der Waals surface area (Å²) in [5.41, 5.74) is 0. The van der Waals surface area contributed by atoms with Crippen LogP contribution in [-0.4, -0.2) is 15.4 Å². The van der Waals surface area contributed by atoms with Crippen molar-refractivity contribution in [3.8, 4) is 0 Å². The molecule has 0 aliphatic heterocycles. The SMILES string of the molecule is c1ccc(Pc2ccccc2)cc1.c1cnnnc1. The Morgan fingerprint density at radius 2 is 1.05 bits per heavy atom. The summed E-state index contributed by atoms with van der Waals surface area (Å²) in [6.07, 6.45) is 3.15. The third kappa shape index (κ3) is 5.36. The molecule has 0 aliphatic rings. The van der Waals surface area contributed by atoms with Crippen molar-refractivity contribution in [3.05, 3.63) is 79.1 Å². The topological polar surface area (TPSA) is 38.7 Å². The molecule has 3 nitrogen and oxygen atoms in total. The molecule has 0 bridgehead atoms. The molecule has 0 saturated heterocycles. The van der Waals surface area contributed by atoms with Crippen LogP contribution in [0.5, 0.6) is 0 Å². The molecule has 0 aliphatic carbocycles. The van der Waals surface area contributed by atoms with Crippen LogP contribution in [0.4, 0.5) is 0 Å². The Kier molecular flexibility index (Phi) is 5.65. The zero-order valence-corrected chi connectivity index (χ0v) is 11.3. The molecule has 3 aromatic rings. The molecule has 0 fully saturated rings. The average Bonchev–Trinajstić information content (AvgIpc) is 2.52. The van der Waals surface area contributed by atoms with Gasteiger partial charge in [-0.3, -0.25) is 0 Å². The van der Waals surface area contributed by atoms with E-state index >= 15 is 0 Å². The molecule has 0 spiro atoms. The highest BCUT2D eigenvalue weighted by molar-refractivity contribution is 7.55. The first kappa shape index (κ1) is 13.3. The number of aromatic nitrogens is 3. The fourth-order valence-electron chi connectivity index (χ4n) is 1.41. The van der Waals surface area contributed by atoms with E-state index in [2.05, 4.69) is 76.1 Å². The van der Waals surface area contributed by atoms with Crippen molar-refractivity contribution in [1.29, 1.82) is 0 Å². The van der Waals surface area contributed by atoms with E-state index in [0.717, 1.165) is 8.58 Å². The van der Waals surface area contributed by atoms with E-state index in [1.165, 1.54) is 10.6 Å². The second-order valence-electron chi connectivity index (χ2n) is 3.67. The lowest BCUT2D eigenvalue weighted by molar-refractivity contribution is 0.865. The summed E-state index contributed by atoms with van der Waals surface area (Å²) in [5.74, 6) is 0. The van der Waals surface area contributed by atoms with Crippen molar-refractivity contribution in [1.82, 2.24) is 15.4 Å². The van der Waals surface area contributed by atoms with Gasteiger partial charge >= 0.3 is 0 Å². The summed E-state index contributed by atoms with van der Waals surface area (Å²) in [5, 5.41) is 12.9. The first-order valence-electron chi connectivity index (χ1n) is 5.90. The van der Waals surface area contributed by atoms with Crippen LogP contribution in [0.1, 0.15) is 0 Å². The lowest BCUT2D eigenvalue weighted by Gasteiger charge is -2.00. The van der Waals surface area contributed by atoms with Crippen molar-refractivity contribution < 1.29 is 0 Å². The molecule has 0 amide bonds. The van der Waals surface area contributed by atoms with E-state index < -0.39 is 0 Å². The van der Waals surface area contributed by atoms with Gasteiger partial charge in [0.25, 0.3) is 0 Å². The van der Waals surface area contributed by atoms with Gasteiger partial charge in [0.05, 0.1) is 12.4 Å². The summed E-state index contributed by atoms with van der Waals surface area (Å²) < 4.78 is 0. The molecule has 2 aromatic carbocycles. The van der Waals surface area contributed by atoms with Crippen LogP contribution in [0, 0.1) is 0 Å². The standard InChI is InChI=1S/C12H11P.C3H3N3/c1-3-7-11(8-4-1)13-12-9-5-2-6-10-12;1-2-4-6-5-3-1/h1-10,13H;1-3H. The Morgan fingerprint density at radius 3 is 1.37 bits per heavy atom. The normalized spacial score (nSPS) is 9.26. The molecular formula is C15H14N3P. The zero-order valence-electron chi connectivity index (χ0n) is 10.3. The first-order chi connectivity index (χ1) is 9.45. The van der Waals surface area contributed by atoms with Crippen LogP contribution in [0.2, 0.25) is 0 Å². The van der Waals surface area contributed by atoms with Crippen LogP contribution < -0.4 is 10.6 Å². The fraction of sp³-hybridized carbons (Fsp3) is 0. The Hall–Kier alpha value is -2.12. The quantitative estimate of drug-likeness (QED) is 0.668. The summed E-state index contributed by atoms with van der Waals surface area (Å²) in [6.45, 7) is 0. The van der Waals surface area contributed by atoms with Crippen LogP contribution in [0.15, 0.2) is 79.1 Å². The van der Waals surface area contributed by atoms with Gasteiger partial charge in [0.2, 0.25) is 0 Å². The molecule has 1 heterocycles. The van der Waals surface area contributed by atoms with Gasteiger partial charge in [-0.15, -0.1) is 10.2 Å². The second kappa shape index (κ2) is 8.06. The fourth-order valence-corrected chi connectivity index (χ4v) is 2.47. The Morgan fingerprint density at radius 1 is 0.579 bits per heavy atom. The minimum atomic E-state index is 0.777. The van der Waals surface area contributed by atoms with Crippen LogP contribution in [-0.2, 0) is 0 Å². The minimum absolute atomic E-state index is 0.777. The highest BCUT2D eigenvalue weighted by Crippen LogP contribution is 2.08. The number of hydrogen-bond donors (Lipinski definition) is 0. The highest BCUT2D eigenvalue weighted by atomic mass is 31.1. The second-order valence-corrected chi connectivity index (χ2v) is 5.07. The van der Waals surface area contributed by atoms with E-state index in [4.69, 9.17) is 0 Å². The first-order valence-corrected chi connectivity index (χ1v) is 6.90. The largest absolute Gasteiger partial charge is 0.139 e. The number of benzene rings is 2. The minimum Gasteiger partial charge on any atom is -0.139 e. The molecular weight excluding hydrogens is 253 g/mol. The zero-order chi connectivity index (χ0) is 13.2. The third-order valence-corrected chi connectivity index (χ3v) is 3.49. The van der Waals surface area contributed by atoms with Crippen molar-refractivity contribution in [2.24, 2.45) is 0 Å². The molecule has 1 aromatic heterocycles. The van der Waals surface area contributed by atoms with Gasteiger partial charge in [-0.2, -0.15) is 0 Å². The van der Waals surface area contributed by atoms with E-state index in [0.29, 0.717) is 0 Å². The lowest BCUT2D eigenvalue weighted by Crippen LogP contribution is -2.01. The highest BCUT2D eigenvalue weighted by Gasteiger charge is 1.92. The number of hydrogen-bond acceptors (Lipinski definition) is 3. The Balaban J connectivity index is 0.000000186. The van der Waals surface area contributed by atoms with Gasteiger partial charge < -0.3 is 0 Å². The summed E-state index contributed by atoms with van der Waals surface area (Å²) >= 11 is 0. The maximum absolute atomic E-state index is 3.42. The molecule has 3 rings (SSSR count). The van der Waals surface area contributed by atoms with E-state index in [-0.39, 0.29) is 0 Å². The molecule has 0 atom stereocenters. The molecule has 0 saturated carbocycles. The van der Waals surface area contributed by atoms with Crippen LogP contribution in [0.25, 0.3) is 0 Å². The summed E-state index contributed by atoms with van der Waals surface area (Å²) in [7, 11) is 0.777. The lowest BCUT2D eigenvalue weighted by atomic mass is 10.4. The maximum atomic E-state index is 3.42. The Labute approximate surface area is 114 Å². The third-order valence-electron chi connectivity index (χ3n) is 2.24. The molecule has 0 radical (unpaired) electrons. The van der Waals surface area contributed by atoms with Crippen LogP contribution in [0.3, 0.4) is 0 Å². The predicted molar refractivity (Wildman–Crippen MR) is 80.3 cm³/mol. The van der Waals surface area contributed by atoms with Gasteiger partial charge in [-0.1, -0.05) is 69.2 Å². The van der Waals surface area contributed by atoms with E-state index in [9.17, 15) is 0 Å². The van der Waals surface area contributed by atoms with Crippen molar-refractivity contribution in [2.75, 3.05) is 0 Å². The summed E-state index contributed by atoms with van der Waals surface area (Å²) in [4.78, 5) is 0. The monoisotopic (exact) mass is 267 g/mol. The number of nitrogens with zero attached hydrogens (tertiary/aromatic N) is 3. The average molecular weight is 267 g/mol. The van der Waals surface area contributed by atoms with Gasteiger partial charge in [0.15, 0.2) is 0 Å². The molecule has 0 N–H and O–H groups in total. The van der Waals surface area contributed by atoms with E-state index in [1.807, 2.05) is 0 Å². The molecule has 4 heteroatoms. The van der Waals surface area contributed by atoms with E-state index in [1.54, 1.807) is 18.5 Å². The van der Waals surface area contributed by atoms with Gasteiger partial charge in [-0.25, -0.2) is 0 Å². The van der Waals surface area contributed by atoms with Crippen LogP contribution >= 0.6 is 8.58 Å². The van der Waals surface area contributed by atoms with Gasteiger partial charge in [-0.05, 0) is 21.9 Å². The van der Waals surface area contributed by atoms with Gasteiger partial charge in [0.1, 0.15) is 0 Å². The molecule has 19 heavy (non-hydrogen) atoms. The molecule has 0 unspecified atom stereocenters. The predicted octanol–water partition coefficient (Wildman–Crippen LogP) is 2.19.